The Morgan fingerprint density at radius 1 is 1.00 bits per heavy atom. The standard InChI is InChI=1S/C14H21NO3/c16-13-9-11(12-7-4-8-18-12)14(17)15(13)10-5-2-1-3-6-10/h10-12H,1-9H2. The Morgan fingerprint density at radius 3 is 2.44 bits per heavy atom. The molecular weight excluding hydrogens is 230 g/mol. The van der Waals surface area contributed by atoms with Crippen molar-refractivity contribution in [3.05, 3.63) is 0 Å². The van der Waals surface area contributed by atoms with E-state index in [2.05, 4.69) is 0 Å². The van der Waals surface area contributed by atoms with Crippen molar-refractivity contribution in [1.29, 1.82) is 0 Å². The highest BCUT2D eigenvalue weighted by Crippen LogP contribution is 2.34. The molecule has 2 amide bonds. The molecule has 1 saturated carbocycles. The van der Waals surface area contributed by atoms with Crippen LogP contribution in [0.15, 0.2) is 0 Å². The molecule has 2 atom stereocenters. The van der Waals surface area contributed by atoms with Crippen LogP contribution in [0.1, 0.15) is 51.4 Å². The molecule has 4 nitrogen and oxygen atoms in total. The Kier molecular flexibility index (Phi) is 3.37. The molecule has 4 heteroatoms. The molecule has 2 saturated heterocycles. The molecule has 18 heavy (non-hydrogen) atoms. The number of imide groups is 1. The van der Waals surface area contributed by atoms with E-state index in [1.807, 2.05) is 0 Å². The van der Waals surface area contributed by atoms with Crippen molar-refractivity contribution < 1.29 is 14.3 Å². The highest BCUT2D eigenvalue weighted by atomic mass is 16.5. The fourth-order valence-electron chi connectivity index (χ4n) is 3.61. The highest BCUT2D eigenvalue weighted by molar-refractivity contribution is 6.04. The summed E-state index contributed by atoms with van der Waals surface area (Å²) in [4.78, 5) is 26.1. The van der Waals surface area contributed by atoms with Gasteiger partial charge >= 0.3 is 0 Å². The van der Waals surface area contributed by atoms with Gasteiger partial charge in [0.1, 0.15) is 0 Å². The summed E-state index contributed by atoms with van der Waals surface area (Å²) < 4.78 is 5.59. The van der Waals surface area contributed by atoms with Crippen LogP contribution in [0.3, 0.4) is 0 Å². The van der Waals surface area contributed by atoms with Crippen molar-refractivity contribution in [2.24, 2.45) is 5.92 Å². The predicted octanol–water partition coefficient (Wildman–Crippen LogP) is 1.87. The largest absolute Gasteiger partial charge is 0.377 e. The van der Waals surface area contributed by atoms with Gasteiger partial charge in [0.15, 0.2) is 0 Å². The minimum Gasteiger partial charge on any atom is -0.377 e. The Morgan fingerprint density at radius 2 is 1.78 bits per heavy atom. The van der Waals surface area contributed by atoms with Gasteiger partial charge in [-0.25, -0.2) is 0 Å². The molecule has 3 aliphatic rings. The second-order valence-corrected chi connectivity index (χ2v) is 5.76. The van der Waals surface area contributed by atoms with Gasteiger partial charge in [0.2, 0.25) is 11.8 Å². The zero-order valence-corrected chi connectivity index (χ0v) is 10.8. The van der Waals surface area contributed by atoms with Crippen LogP contribution < -0.4 is 0 Å². The summed E-state index contributed by atoms with van der Waals surface area (Å²) in [6.45, 7) is 0.742. The smallest absolute Gasteiger partial charge is 0.235 e. The van der Waals surface area contributed by atoms with Crippen LogP contribution in [-0.2, 0) is 14.3 Å². The van der Waals surface area contributed by atoms with E-state index in [1.54, 1.807) is 4.90 Å². The quantitative estimate of drug-likeness (QED) is 0.704. The lowest BCUT2D eigenvalue weighted by Gasteiger charge is -2.30. The number of amides is 2. The maximum absolute atomic E-state index is 12.4. The van der Waals surface area contributed by atoms with Crippen molar-refractivity contribution in [2.45, 2.75) is 63.5 Å². The van der Waals surface area contributed by atoms with E-state index in [-0.39, 0.29) is 29.9 Å². The summed E-state index contributed by atoms with van der Waals surface area (Å²) in [5, 5.41) is 0. The number of hydrogen-bond donors (Lipinski definition) is 0. The Labute approximate surface area is 108 Å². The normalized spacial score (nSPS) is 34.6. The maximum atomic E-state index is 12.4. The molecule has 2 heterocycles. The first-order valence-electron chi connectivity index (χ1n) is 7.25. The molecule has 3 fully saturated rings. The summed E-state index contributed by atoms with van der Waals surface area (Å²) in [5.74, 6) is -0.117. The summed E-state index contributed by atoms with van der Waals surface area (Å²) >= 11 is 0. The van der Waals surface area contributed by atoms with Gasteiger partial charge in [-0.15, -0.1) is 0 Å². The SMILES string of the molecule is O=C1CC(C2CCCO2)C(=O)N1C1CCCCC1. The molecule has 0 aromatic rings. The van der Waals surface area contributed by atoms with Gasteiger partial charge < -0.3 is 4.74 Å². The van der Waals surface area contributed by atoms with E-state index in [0.29, 0.717) is 6.42 Å². The maximum Gasteiger partial charge on any atom is 0.235 e. The molecule has 0 N–H and O–H groups in total. The second kappa shape index (κ2) is 5.00. The van der Waals surface area contributed by atoms with Crippen LogP contribution >= 0.6 is 0 Å². The zero-order chi connectivity index (χ0) is 12.5. The minimum absolute atomic E-state index is 0.00459. The predicted molar refractivity (Wildman–Crippen MR) is 65.8 cm³/mol. The summed E-state index contributed by atoms with van der Waals surface area (Å²) in [6.07, 6.45) is 7.84. The number of ether oxygens (including phenoxy) is 1. The first kappa shape index (κ1) is 12.2. The molecule has 0 radical (unpaired) electrons. The van der Waals surface area contributed by atoms with Crippen molar-refractivity contribution in [3.8, 4) is 0 Å². The number of rotatable bonds is 2. The van der Waals surface area contributed by atoms with E-state index >= 15 is 0 Å². The molecule has 0 aromatic carbocycles. The highest BCUT2D eigenvalue weighted by Gasteiger charge is 2.46. The third-order valence-electron chi connectivity index (χ3n) is 4.57. The van der Waals surface area contributed by atoms with Gasteiger partial charge in [0.25, 0.3) is 0 Å². The lowest BCUT2D eigenvalue weighted by atomic mass is 9.94. The number of nitrogens with zero attached hydrogens (tertiary/aromatic N) is 1. The monoisotopic (exact) mass is 251 g/mol. The van der Waals surface area contributed by atoms with Crippen LogP contribution in [0.4, 0.5) is 0 Å². The Hall–Kier alpha value is -0.900. The average molecular weight is 251 g/mol. The first-order valence-corrected chi connectivity index (χ1v) is 7.25. The molecule has 100 valence electrons. The number of carbonyl (C=O) groups is 2. The summed E-state index contributed by atoms with van der Waals surface area (Å²) in [6, 6.07) is 0.171. The topological polar surface area (TPSA) is 46.6 Å². The van der Waals surface area contributed by atoms with E-state index in [9.17, 15) is 9.59 Å². The van der Waals surface area contributed by atoms with E-state index in [1.165, 1.54) is 6.42 Å². The lowest BCUT2D eigenvalue weighted by molar-refractivity contribution is -0.143. The van der Waals surface area contributed by atoms with Crippen LogP contribution in [0, 0.1) is 5.92 Å². The molecule has 2 unspecified atom stereocenters. The van der Waals surface area contributed by atoms with Crippen LogP contribution in [0.5, 0.6) is 0 Å². The first-order chi connectivity index (χ1) is 8.77. The Balaban J connectivity index is 1.71. The van der Waals surface area contributed by atoms with Crippen molar-refractivity contribution in [1.82, 2.24) is 4.90 Å². The zero-order valence-electron chi connectivity index (χ0n) is 10.8. The van der Waals surface area contributed by atoms with Crippen molar-refractivity contribution in [2.75, 3.05) is 6.61 Å². The van der Waals surface area contributed by atoms with Crippen LogP contribution in [-0.4, -0.2) is 35.5 Å². The van der Waals surface area contributed by atoms with E-state index < -0.39 is 0 Å². The molecule has 0 spiro atoms. The minimum atomic E-state index is -0.193. The molecular formula is C14H21NO3. The Bertz CT molecular complexity index is 343. The summed E-state index contributed by atoms with van der Waals surface area (Å²) in [7, 11) is 0. The molecule has 0 bridgehead atoms. The molecule has 2 aliphatic heterocycles. The second-order valence-electron chi connectivity index (χ2n) is 5.76. The van der Waals surface area contributed by atoms with Gasteiger partial charge in [-0.2, -0.15) is 0 Å². The third-order valence-corrected chi connectivity index (χ3v) is 4.57. The van der Waals surface area contributed by atoms with Crippen LogP contribution in [0.2, 0.25) is 0 Å². The summed E-state index contributed by atoms with van der Waals surface area (Å²) in [5.41, 5.74) is 0. The lowest BCUT2D eigenvalue weighted by Crippen LogP contribution is -2.42. The third kappa shape index (κ3) is 2.07. The number of likely N-dealkylation sites (tertiary alicyclic amines) is 1. The number of hydrogen-bond acceptors (Lipinski definition) is 3. The van der Waals surface area contributed by atoms with E-state index in [4.69, 9.17) is 4.74 Å². The molecule has 0 aromatic heterocycles. The van der Waals surface area contributed by atoms with E-state index in [0.717, 1.165) is 45.1 Å². The van der Waals surface area contributed by atoms with Gasteiger partial charge in [-0.1, -0.05) is 19.3 Å². The van der Waals surface area contributed by atoms with Crippen molar-refractivity contribution in [3.63, 3.8) is 0 Å². The number of carbonyl (C=O) groups excluding carboxylic acids is 2. The van der Waals surface area contributed by atoms with Gasteiger partial charge in [-0.05, 0) is 25.7 Å². The fraction of sp³-hybridized carbons (Fsp3) is 0.857. The fourth-order valence-corrected chi connectivity index (χ4v) is 3.61. The molecule has 1 aliphatic carbocycles. The van der Waals surface area contributed by atoms with Crippen LogP contribution in [0.25, 0.3) is 0 Å². The molecule has 3 rings (SSSR count). The van der Waals surface area contributed by atoms with Crippen molar-refractivity contribution >= 4 is 11.8 Å². The van der Waals surface area contributed by atoms with Gasteiger partial charge in [0.05, 0.1) is 12.0 Å². The van der Waals surface area contributed by atoms with Gasteiger partial charge in [0, 0.05) is 19.1 Å². The van der Waals surface area contributed by atoms with Gasteiger partial charge in [-0.3, -0.25) is 14.5 Å². The average Bonchev–Trinajstić information content (AvgIpc) is 2.99.